The molecule has 0 aliphatic heterocycles. The van der Waals surface area contributed by atoms with Crippen molar-refractivity contribution in [3.8, 4) is 6.07 Å². The summed E-state index contributed by atoms with van der Waals surface area (Å²) in [5.41, 5.74) is -0.407. The molecule has 1 aromatic carbocycles. The van der Waals surface area contributed by atoms with Gasteiger partial charge in [-0.3, -0.25) is 4.79 Å². The smallest absolute Gasteiger partial charge is 0.307 e. The molecule has 3 nitrogen and oxygen atoms in total. The van der Waals surface area contributed by atoms with Crippen LogP contribution in [0.4, 0.5) is 8.78 Å². The van der Waals surface area contributed by atoms with Gasteiger partial charge in [0.1, 0.15) is 0 Å². The van der Waals surface area contributed by atoms with E-state index < -0.39 is 24.4 Å². The number of hydrogen-bond acceptors (Lipinski definition) is 2. The van der Waals surface area contributed by atoms with Crippen LogP contribution in [0.2, 0.25) is 0 Å². The molecule has 90 valence electrons. The molecule has 1 aromatic rings. The molecule has 0 fully saturated rings. The summed E-state index contributed by atoms with van der Waals surface area (Å²) < 4.78 is 25.8. The summed E-state index contributed by atoms with van der Waals surface area (Å²) in [4.78, 5) is 10.6. The van der Waals surface area contributed by atoms with Crippen LogP contribution in [0.5, 0.6) is 0 Å². The van der Waals surface area contributed by atoms with Crippen molar-refractivity contribution in [3.63, 3.8) is 0 Å². The van der Waals surface area contributed by atoms with Crippen molar-refractivity contribution >= 4 is 17.6 Å². The van der Waals surface area contributed by atoms with Crippen LogP contribution < -0.4 is 0 Å². The van der Waals surface area contributed by atoms with Gasteiger partial charge < -0.3 is 5.11 Å². The molecule has 0 amide bonds. The van der Waals surface area contributed by atoms with Gasteiger partial charge in [-0.1, -0.05) is 6.07 Å². The minimum Gasteiger partial charge on any atom is -0.481 e. The van der Waals surface area contributed by atoms with Crippen molar-refractivity contribution in [2.75, 3.05) is 0 Å². The van der Waals surface area contributed by atoms with Gasteiger partial charge in [-0.05, 0) is 17.2 Å². The molecule has 6 heteroatoms. The third kappa shape index (κ3) is 2.92. The van der Waals surface area contributed by atoms with Gasteiger partial charge in [-0.15, -0.1) is 11.6 Å². The molecule has 0 saturated heterocycles. The van der Waals surface area contributed by atoms with Crippen molar-refractivity contribution in [1.29, 1.82) is 5.26 Å². The fraction of sp³-hybridized carbons (Fsp3) is 0.273. The van der Waals surface area contributed by atoms with E-state index in [1.54, 1.807) is 6.07 Å². The summed E-state index contributed by atoms with van der Waals surface area (Å²) in [6.07, 6.45) is -3.37. The Bertz CT molecular complexity index is 483. The molecular weight excluding hydrogens is 252 g/mol. The second-order valence-electron chi connectivity index (χ2n) is 3.28. The Balaban J connectivity index is 3.43. The van der Waals surface area contributed by atoms with Crippen LogP contribution >= 0.6 is 11.6 Å². The molecule has 0 aromatic heterocycles. The van der Waals surface area contributed by atoms with E-state index in [-0.39, 0.29) is 22.6 Å². The first-order chi connectivity index (χ1) is 8.01. The first-order valence-corrected chi connectivity index (χ1v) is 5.15. The first kappa shape index (κ1) is 13.4. The van der Waals surface area contributed by atoms with Gasteiger partial charge in [-0.2, -0.15) is 5.26 Å². The van der Waals surface area contributed by atoms with Crippen LogP contribution in [0.25, 0.3) is 0 Å². The monoisotopic (exact) mass is 259 g/mol. The fourth-order valence-electron chi connectivity index (χ4n) is 1.55. The molecule has 17 heavy (non-hydrogen) atoms. The SMILES string of the molecule is N#Cc1ccc(CC(=O)O)c(C(F)F)c1CCl. The van der Waals surface area contributed by atoms with Gasteiger partial charge in [0.15, 0.2) is 0 Å². The van der Waals surface area contributed by atoms with Crippen LogP contribution in [0.3, 0.4) is 0 Å². The van der Waals surface area contributed by atoms with Gasteiger partial charge >= 0.3 is 5.97 Å². The van der Waals surface area contributed by atoms with Crippen LogP contribution in [0.1, 0.15) is 28.7 Å². The van der Waals surface area contributed by atoms with E-state index in [9.17, 15) is 13.6 Å². The largest absolute Gasteiger partial charge is 0.481 e. The zero-order valence-electron chi connectivity index (χ0n) is 8.58. The highest BCUT2D eigenvalue weighted by Crippen LogP contribution is 2.30. The number of halogens is 3. The summed E-state index contributed by atoms with van der Waals surface area (Å²) in [5.74, 6) is -1.46. The zero-order chi connectivity index (χ0) is 13.0. The molecule has 0 unspecified atom stereocenters. The van der Waals surface area contributed by atoms with E-state index in [0.717, 1.165) is 0 Å². The van der Waals surface area contributed by atoms with E-state index >= 15 is 0 Å². The number of hydrogen-bond donors (Lipinski definition) is 1. The maximum Gasteiger partial charge on any atom is 0.307 e. The van der Waals surface area contributed by atoms with Crippen molar-refractivity contribution in [2.24, 2.45) is 0 Å². The molecule has 0 aliphatic carbocycles. The molecule has 0 atom stereocenters. The number of aliphatic carboxylic acids is 1. The Kier molecular flexibility index (Phi) is 4.41. The molecule has 0 aliphatic rings. The lowest BCUT2D eigenvalue weighted by Gasteiger charge is -2.12. The Morgan fingerprint density at radius 2 is 2.18 bits per heavy atom. The van der Waals surface area contributed by atoms with Gasteiger partial charge in [0.25, 0.3) is 6.43 Å². The quantitative estimate of drug-likeness (QED) is 0.846. The molecule has 0 spiro atoms. The highest BCUT2D eigenvalue weighted by atomic mass is 35.5. The summed E-state index contributed by atoms with van der Waals surface area (Å²) in [7, 11) is 0. The molecular formula is C11H8ClF2NO2. The van der Waals surface area contributed by atoms with Crippen molar-refractivity contribution < 1.29 is 18.7 Å². The number of alkyl halides is 3. The Morgan fingerprint density at radius 3 is 2.59 bits per heavy atom. The summed E-state index contributed by atoms with van der Waals surface area (Å²) >= 11 is 5.54. The summed E-state index contributed by atoms with van der Waals surface area (Å²) in [6, 6.07) is 4.29. The highest BCUT2D eigenvalue weighted by Gasteiger charge is 2.21. The average molecular weight is 260 g/mol. The van der Waals surface area contributed by atoms with E-state index in [2.05, 4.69) is 0 Å². The lowest BCUT2D eigenvalue weighted by atomic mass is 9.96. The van der Waals surface area contributed by atoms with E-state index in [4.69, 9.17) is 22.0 Å². The maximum atomic E-state index is 12.9. The Hall–Kier alpha value is -1.67. The standard InChI is InChI=1S/C11H8ClF2NO2/c12-4-8-7(5-15)2-1-6(3-9(16)17)10(8)11(13)14/h1-2,11H,3-4H2,(H,16,17). The highest BCUT2D eigenvalue weighted by molar-refractivity contribution is 6.17. The molecule has 0 saturated carbocycles. The minimum absolute atomic E-state index is 0.00270. The number of nitrogens with zero attached hydrogens (tertiary/aromatic N) is 1. The number of carboxylic acids is 1. The van der Waals surface area contributed by atoms with E-state index in [1.165, 1.54) is 12.1 Å². The van der Waals surface area contributed by atoms with Gasteiger partial charge in [0, 0.05) is 11.4 Å². The minimum atomic E-state index is -2.86. The van der Waals surface area contributed by atoms with Crippen LogP contribution in [-0.2, 0) is 17.1 Å². The van der Waals surface area contributed by atoms with Gasteiger partial charge in [0.05, 0.1) is 18.1 Å². The van der Waals surface area contributed by atoms with Gasteiger partial charge in [0.2, 0.25) is 0 Å². The third-order valence-electron chi connectivity index (χ3n) is 2.26. The zero-order valence-corrected chi connectivity index (χ0v) is 9.34. The fourth-order valence-corrected chi connectivity index (χ4v) is 1.84. The molecule has 1 N–H and O–H groups in total. The number of carbonyl (C=O) groups is 1. The average Bonchev–Trinajstić information content (AvgIpc) is 2.26. The van der Waals surface area contributed by atoms with Crippen LogP contribution in [0.15, 0.2) is 12.1 Å². The summed E-state index contributed by atoms with van der Waals surface area (Å²) in [5, 5.41) is 17.4. The predicted octanol–water partition coefficient (Wildman–Crippen LogP) is 2.86. The van der Waals surface area contributed by atoms with Crippen LogP contribution in [-0.4, -0.2) is 11.1 Å². The number of rotatable bonds is 4. The van der Waals surface area contributed by atoms with E-state index in [0.29, 0.717) is 0 Å². The van der Waals surface area contributed by atoms with Crippen LogP contribution in [0, 0.1) is 11.3 Å². The lowest BCUT2D eigenvalue weighted by molar-refractivity contribution is -0.136. The first-order valence-electron chi connectivity index (χ1n) is 4.62. The molecule has 0 heterocycles. The molecule has 0 bridgehead atoms. The predicted molar refractivity (Wildman–Crippen MR) is 57.0 cm³/mol. The normalized spacial score (nSPS) is 10.3. The van der Waals surface area contributed by atoms with Crippen molar-refractivity contribution in [1.82, 2.24) is 0 Å². The number of nitriles is 1. The number of benzene rings is 1. The van der Waals surface area contributed by atoms with Gasteiger partial charge in [-0.25, -0.2) is 8.78 Å². The van der Waals surface area contributed by atoms with E-state index in [1.807, 2.05) is 0 Å². The second-order valence-corrected chi connectivity index (χ2v) is 3.55. The molecule has 1 rings (SSSR count). The second kappa shape index (κ2) is 5.60. The van der Waals surface area contributed by atoms with Crippen molar-refractivity contribution in [3.05, 3.63) is 34.4 Å². The lowest BCUT2D eigenvalue weighted by Crippen LogP contribution is -2.07. The summed E-state index contributed by atoms with van der Waals surface area (Å²) in [6.45, 7) is 0. The third-order valence-corrected chi connectivity index (χ3v) is 2.53. The molecule has 0 radical (unpaired) electrons. The topological polar surface area (TPSA) is 61.1 Å². The van der Waals surface area contributed by atoms with Crippen molar-refractivity contribution in [2.45, 2.75) is 18.7 Å². The number of carboxylic acid groups (broad SMARTS) is 1. The maximum absolute atomic E-state index is 12.9. The Labute approximate surface area is 101 Å². The Morgan fingerprint density at radius 1 is 1.53 bits per heavy atom.